The molecule has 8 heteroatoms. The molecule has 32 heavy (non-hydrogen) atoms. The van der Waals surface area contributed by atoms with E-state index in [0.29, 0.717) is 18.1 Å². The first-order valence-electron chi connectivity index (χ1n) is 11.0. The number of imidazole rings is 1. The highest BCUT2D eigenvalue weighted by Gasteiger charge is 2.51. The zero-order valence-corrected chi connectivity index (χ0v) is 18.3. The van der Waals surface area contributed by atoms with Gasteiger partial charge in [-0.3, -0.25) is 0 Å². The second-order valence-corrected chi connectivity index (χ2v) is 8.27. The third kappa shape index (κ3) is 3.84. The van der Waals surface area contributed by atoms with Gasteiger partial charge in [0, 0.05) is 12.1 Å². The van der Waals surface area contributed by atoms with Crippen molar-refractivity contribution in [3.8, 4) is 11.5 Å². The van der Waals surface area contributed by atoms with E-state index in [2.05, 4.69) is 34.6 Å². The quantitative estimate of drug-likeness (QED) is 0.521. The van der Waals surface area contributed by atoms with Gasteiger partial charge in [-0.1, -0.05) is 30.3 Å². The number of ether oxygens (including phenoxy) is 4. The minimum Gasteiger partial charge on any atom is -0.493 e. The highest BCUT2D eigenvalue weighted by Crippen LogP contribution is 2.39. The number of nitrogens with one attached hydrogen (secondary N) is 1. The molecular formula is C24H29N3O5. The molecule has 1 aromatic heterocycles. The van der Waals surface area contributed by atoms with E-state index in [1.165, 1.54) is 5.56 Å². The molecule has 2 aliphatic rings. The van der Waals surface area contributed by atoms with Crippen LogP contribution in [0.4, 0.5) is 0 Å². The fourth-order valence-corrected chi connectivity index (χ4v) is 4.75. The van der Waals surface area contributed by atoms with E-state index in [4.69, 9.17) is 18.9 Å². The average molecular weight is 440 g/mol. The molecule has 2 N–H and O–H groups in total. The molecular weight excluding hydrogens is 410 g/mol. The largest absolute Gasteiger partial charge is 0.493 e. The van der Waals surface area contributed by atoms with Crippen LogP contribution < -0.4 is 14.8 Å². The Morgan fingerprint density at radius 1 is 1.16 bits per heavy atom. The predicted octanol–water partition coefficient (Wildman–Crippen LogP) is 2.30. The molecule has 0 aliphatic carbocycles. The highest BCUT2D eigenvalue weighted by atomic mass is 16.7. The lowest BCUT2D eigenvalue weighted by Crippen LogP contribution is -2.57. The fourth-order valence-electron chi connectivity index (χ4n) is 4.75. The summed E-state index contributed by atoms with van der Waals surface area (Å²) in [7, 11) is 3.20. The van der Waals surface area contributed by atoms with Crippen LogP contribution in [0.25, 0.3) is 11.0 Å². The lowest BCUT2D eigenvalue weighted by atomic mass is 9.95. The first kappa shape index (κ1) is 21.2. The van der Waals surface area contributed by atoms with Crippen molar-refractivity contribution < 1.29 is 24.1 Å². The van der Waals surface area contributed by atoms with E-state index >= 15 is 0 Å². The number of hydrogen-bond acceptors (Lipinski definition) is 7. The lowest BCUT2D eigenvalue weighted by Gasteiger charge is -2.39. The number of nitrogens with zero attached hydrogens (tertiary/aromatic N) is 2. The van der Waals surface area contributed by atoms with Crippen molar-refractivity contribution in [1.29, 1.82) is 0 Å². The summed E-state index contributed by atoms with van der Waals surface area (Å²) in [5.74, 6) is 1.22. The monoisotopic (exact) mass is 439 g/mol. The summed E-state index contributed by atoms with van der Waals surface area (Å²) >= 11 is 0. The summed E-state index contributed by atoms with van der Waals surface area (Å²) in [5, 5.41) is 14.9. The molecule has 2 fully saturated rings. The Morgan fingerprint density at radius 2 is 1.94 bits per heavy atom. The van der Waals surface area contributed by atoms with Gasteiger partial charge >= 0.3 is 0 Å². The number of aliphatic hydroxyl groups excluding tert-OH is 1. The molecule has 2 saturated heterocycles. The van der Waals surface area contributed by atoms with Crippen molar-refractivity contribution in [2.24, 2.45) is 0 Å². The Kier molecular flexibility index (Phi) is 6.01. The summed E-state index contributed by atoms with van der Waals surface area (Å²) < 4.78 is 24.8. The number of methoxy groups -OCH3 is 2. The molecule has 0 amide bonds. The van der Waals surface area contributed by atoms with E-state index in [9.17, 15) is 5.11 Å². The molecule has 0 unspecified atom stereocenters. The molecule has 3 aromatic rings. The molecule has 5 rings (SSSR count). The first-order chi connectivity index (χ1) is 15.7. The Labute approximate surface area is 187 Å². The number of fused-ring (bicyclic) bond motifs is 3. The third-order valence-electron chi connectivity index (χ3n) is 6.40. The summed E-state index contributed by atoms with van der Waals surface area (Å²) in [6.07, 6.45) is 2.28. The summed E-state index contributed by atoms with van der Waals surface area (Å²) in [4.78, 5) is 4.51. The number of aryl methyl sites for hydroxylation is 1. The van der Waals surface area contributed by atoms with Crippen LogP contribution in [-0.2, 0) is 15.9 Å². The molecule has 0 spiro atoms. The predicted molar refractivity (Wildman–Crippen MR) is 119 cm³/mol. The zero-order chi connectivity index (χ0) is 22.1. The van der Waals surface area contributed by atoms with E-state index in [-0.39, 0.29) is 12.1 Å². The molecule has 2 aliphatic heterocycles. The molecule has 0 saturated carbocycles. The van der Waals surface area contributed by atoms with Crippen molar-refractivity contribution >= 4 is 11.0 Å². The molecule has 170 valence electrons. The number of benzene rings is 2. The Bertz CT molecular complexity index is 1060. The number of aliphatic hydroxyl groups is 1. The Morgan fingerprint density at radius 3 is 2.72 bits per heavy atom. The molecule has 3 heterocycles. The van der Waals surface area contributed by atoms with Gasteiger partial charge in [-0.15, -0.1) is 0 Å². The summed E-state index contributed by atoms with van der Waals surface area (Å²) in [5.41, 5.74) is 2.89. The zero-order valence-electron chi connectivity index (χ0n) is 18.3. The van der Waals surface area contributed by atoms with Crippen molar-refractivity contribution in [1.82, 2.24) is 14.9 Å². The van der Waals surface area contributed by atoms with Gasteiger partial charge in [0.15, 0.2) is 17.8 Å². The normalized spacial score (nSPS) is 27.0. The van der Waals surface area contributed by atoms with E-state index in [1.807, 2.05) is 22.8 Å². The van der Waals surface area contributed by atoms with Crippen LogP contribution in [0.1, 0.15) is 18.0 Å². The first-order valence-corrected chi connectivity index (χ1v) is 11.0. The molecule has 5 atom stereocenters. The maximum absolute atomic E-state index is 11.4. The number of rotatable bonds is 8. The smallest absolute Gasteiger partial charge is 0.181 e. The molecule has 2 aromatic carbocycles. The standard InChI is InChI=1S/C24H29N3O5/c1-29-18-11-16-17(12-19(18)30-2)27(14-26-16)22-23(28)21(20-13-31-24(22)32-20)25-10-6-9-15-7-4-3-5-8-15/h3-5,7-8,11-12,14,20-25,28H,6,9-10,13H2,1-2H3/t20-,21-,22-,23+,24-/m1/s1. The maximum Gasteiger partial charge on any atom is 0.181 e. The Hall–Kier alpha value is -2.65. The number of aromatic nitrogens is 2. The molecule has 8 nitrogen and oxygen atoms in total. The van der Waals surface area contributed by atoms with Gasteiger partial charge in [-0.25, -0.2) is 4.98 Å². The number of hydrogen-bond donors (Lipinski definition) is 2. The van der Waals surface area contributed by atoms with Crippen molar-refractivity contribution in [3.63, 3.8) is 0 Å². The highest BCUT2D eigenvalue weighted by molar-refractivity contribution is 5.80. The van der Waals surface area contributed by atoms with Crippen LogP contribution in [0.3, 0.4) is 0 Å². The summed E-state index contributed by atoms with van der Waals surface area (Å²) in [6.45, 7) is 1.24. The maximum atomic E-state index is 11.4. The minimum absolute atomic E-state index is 0.174. The Balaban J connectivity index is 1.34. The van der Waals surface area contributed by atoms with Crippen LogP contribution in [0.15, 0.2) is 48.8 Å². The van der Waals surface area contributed by atoms with Gasteiger partial charge in [0.1, 0.15) is 12.1 Å². The summed E-state index contributed by atoms with van der Waals surface area (Å²) in [6, 6.07) is 13.5. The van der Waals surface area contributed by atoms with Gasteiger partial charge in [0.05, 0.1) is 50.3 Å². The van der Waals surface area contributed by atoms with Crippen molar-refractivity contribution in [2.45, 2.75) is 43.4 Å². The van der Waals surface area contributed by atoms with E-state index in [0.717, 1.165) is 30.4 Å². The van der Waals surface area contributed by atoms with Gasteiger partial charge in [0.25, 0.3) is 0 Å². The van der Waals surface area contributed by atoms with Crippen LogP contribution in [0.2, 0.25) is 0 Å². The second-order valence-electron chi connectivity index (χ2n) is 8.27. The van der Waals surface area contributed by atoms with Crippen LogP contribution in [0, 0.1) is 0 Å². The average Bonchev–Trinajstić information content (AvgIpc) is 3.44. The fraction of sp³-hybridized carbons (Fsp3) is 0.458. The van der Waals surface area contributed by atoms with Gasteiger partial charge in [-0.2, -0.15) is 0 Å². The van der Waals surface area contributed by atoms with Crippen LogP contribution >= 0.6 is 0 Å². The molecule has 2 bridgehead atoms. The minimum atomic E-state index is -0.691. The SMILES string of the molecule is COc1cc2ncn([C@H]3[C@@H]4OC[C@@H](O4)[C@@H](NCCCc4ccccc4)[C@@H]3O)c2cc1OC. The van der Waals surface area contributed by atoms with Crippen molar-refractivity contribution in [2.75, 3.05) is 27.4 Å². The third-order valence-corrected chi connectivity index (χ3v) is 6.40. The topological polar surface area (TPSA) is 87.0 Å². The van der Waals surface area contributed by atoms with Gasteiger partial charge < -0.3 is 33.9 Å². The lowest BCUT2D eigenvalue weighted by molar-refractivity contribution is -0.164. The molecule has 0 radical (unpaired) electrons. The van der Waals surface area contributed by atoms with Crippen LogP contribution in [0.5, 0.6) is 11.5 Å². The van der Waals surface area contributed by atoms with Crippen LogP contribution in [-0.4, -0.2) is 66.6 Å². The van der Waals surface area contributed by atoms with Crippen molar-refractivity contribution in [3.05, 3.63) is 54.4 Å². The van der Waals surface area contributed by atoms with Gasteiger partial charge in [-0.05, 0) is 24.9 Å². The second kappa shape index (κ2) is 9.07. The van der Waals surface area contributed by atoms with E-state index in [1.54, 1.807) is 20.5 Å². The van der Waals surface area contributed by atoms with E-state index < -0.39 is 18.4 Å². The van der Waals surface area contributed by atoms with Gasteiger partial charge in [0.2, 0.25) is 0 Å².